The van der Waals surface area contributed by atoms with Crippen LogP contribution in [0.5, 0.6) is 0 Å². The highest BCUT2D eigenvalue weighted by atomic mass is 35.5. The summed E-state index contributed by atoms with van der Waals surface area (Å²) in [6.07, 6.45) is 1.57. The topological polar surface area (TPSA) is 62.8 Å². The Bertz CT molecular complexity index is 602. The van der Waals surface area contributed by atoms with Gasteiger partial charge in [0.1, 0.15) is 10.9 Å². The first-order valence-electron chi connectivity index (χ1n) is 5.01. The van der Waals surface area contributed by atoms with Crippen LogP contribution < -0.4 is 5.73 Å². The summed E-state index contributed by atoms with van der Waals surface area (Å²) in [4.78, 5) is 5.03. The van der Waals surface area contributed by atoms with Gasteiger partial charge in [0.15, 0.2) is 0 Å². The van der Waals surface area contributed by atoms with Crippen molar-refractivity contribution in [3.8, 4) is 0 Å². The van der Waals surface area contributed by atoms with Crippen molar-refractivity contribution in [1.82, 2.24) is 4.98 Å². The first-order chi connectivity index (χ1) is 8.59. The lowest BCUT2D eigenvalue weighted by Crippen LogP contribution is -2.12. The minimum atomic E-state index is -0.0802. The minimum absolute atomic E-state index is 0.0802. The molecule has 0 aliphatic carbocycles. The van der Waals surface area contributed by atoms with Crippen LogP contribution >= 0.6 is 35.0 Å². The number of nitrogens with zero attached hydrogens (tertiary/aromatic N) is 1. The largest absolute Gasteiger partial charge is 0.384 e. The van der Waals surface area contributed by atoms with Gasteiger partial charge in [-0.25, -0.2) is 4.98 Å². The lowest BCUT2D eigenvalue weighted by atomic mass is 10.2. The van der Waals surface area contributed by atoms with Gasteiger partial charge in [-0.2, -0.15) is 0 Å². The Labute approximate surface area is 119 Å². The normalized spacial score (nSPS) is 10.3. The van der Waals surface area contributed by atoms with E-state index in [0.29, 0.717) is 20.6 Å². The van der Waals surface area contributed by atoms with Gasteiger partial charge in [-0.3, -0.25) is 5.41 Å². The van der Waals surface area contributed by atoms with Crippen LogP contribution in [0.15, 0.2) is 46.5 Å². The van der Waals surface area contributed by atoms with Gasteiger partial charge >= 0.3 is 0 Å². The first-order valence-corrected chi connectivity index (χ1v) is 6.58. The summed E-state index contributed by atoms with van der Waals surface area (Å²) in [5.74, 6) is -0.0802. The number of benzene rings is 1. The fourth-order valence-corrected chi connectivity index (χ4v) is 2.75. The predicted octanol–water partition coefficient (Wildman–Crippen LogP) is 3.82. The highest BCUT2D eigenvalue weighted by molar-refractivity contribution is 7.99. The molecule has 3 N–H and O–H groups in total. The molecule has 0 aliphatic rings. The molecule has 0 spiro atoms. The minimum Gasteiger partial charge on any atom is -0.384 e. The molecule has 18 heavy (non-hydrogen) atoms. The van der Waals surface area contributed by atoms with Gasteiger partial charge in [-0.05, 0) is 18.2 Å². The summed E-state index contributed by atoms with van der Waals surface area (Å²) in [6, 6.07) is 9.03. The Kier molecular flexibility index (Phi) is 4.11. The van der Waals surface area contributed by atoms with E-state index in [1.807, 2.05) is 18.2 Å². The summed E-state index contributed by atoms with van der Waals surface area (Å²) in [5.41, 5.74) is 5.92. The van der Waals surface area contributed by atoms with Crippen LogP contribution in [0.1, 0.15) is 5.56 Å². The monoisotopic (exact) mass is 297 g/mol. The molecule has 0 aliphatic heterocycles. The Hall–Kier alpha value is -1.23. The number of hydrogen-bond acceptors (Lipinski definition) is 3. The smallest absolute Gasteiger partial charge is 0.124 e. The molecule has 3 nitrogen and oxygen atoms in total. The van der Waals surface area contributed by atoms with Gasteiger partial charge in [0.05, 0.1) is 10.0 Å². The van der Waals surface area contributed by atoms with Gasteiger partial charge in [0.2, 0.25) is 0 Å². The molecule has 2 aromatic rings. The van der Waals surface area contributed by atoms with E-state index in [9.17, 15) is 0 Å². The van der Waals surface area contributed by atoms with Crippen LogP contribution in [0, 0.1) is 5.41 Å². The third-order valence-electron chi connectivity index (χ3n) is 2.19. The predicted molar refractivity (Wildman–Crippen MR) is 75.8 cm³/mol. The molecule has 0 bridgehead atoms. The van der Waals surface area contributed by atoms with E-state index in [4.69, 9.17) is 34.3 Å². The van der Waals surface area contributed by atoms with Crippen molar-refractivity contribution in [3.05, 3.63) is 52.1 Å². The maximum absolute atomic E-state index is 7.43. The number of aromatic nitrogens is 1. The number of nitrogens with one attached hydrogen (secondary N) is 1. The summed E-state index contributed by atoms with van der Waals surface area (Å²) in [7, 11) is 0. The van der Waals surface area contributed by atoms with Gasteiger partial charge < -0.3 is 5.73 Å². The second-order valence-electron chi connectivity index (χ2n) is 3.42. The molecular formula is C12H9Cl2N3S. The van der Waals surface area contributed by atoms with Crippen LogP contribution in [0.25, 0.3) is 0 Å². The van der Waals surface area contributed by atoms with E-state index in [1.165, 1.54) is 11.8 Å². The fraction of sp³-hybridized carbons (Fsp3) is 0. The van der Waals surface area contributed by atoms with Crippen molar-refractivity contribution in [1.29, 1.82) is 5.41 Å². The Morgan fingerprint density at radius 2 is 1.94 bits per heavy atom. The van der Waals surface area contributed by atoms with Crippen molar-refractivity contribution in [2.45, 2.75) is 9.92 Å². The SMILES string of the molecule is N=C(N)c1ccnc(Sc2ccccc2Cl)c1Cl. The summed E-state index contributed by atoms with van der Waals surface area (Å²) >= 11 is 13.6. The van der Waals surface area contributed by atoms with E-state index in [2.05, 4.69) is 4.98 Å². The van der Waals surface area contributed by atoms with E-state index in [1.54, 1.807) is 18.3 Å². The van der Waals surface area contributed by atoms with Crippen LogP contribution in [-0.4, -0.2) is 10.8 Å². The van der Waals surface area contributed by atoms with Gasteiger partial charge in [0.25, 0.3) is 0 Å². The zero-order chi connectivity index (χ0) is 13.1. The second kappa shape index (κ2) is 5.61. The molecule has 2 rings (SSSR count). The molecule has 1 heterocycles. The molecule has 0 radical (unpaired) electrons. The quantitative estimate of drug-likeness (QED) is 0.668. The van der Waals surface area contributed by atoms with Crippen LogP contribution in [0.4, 0.5) is 0 Å². The van der Waals surface area contributed by atoms with E-state index >= 15 is 0 Å². The van der Waals surface area contributed by atoms with Gasteiger partial charge in [-0.15, -0.1) is 0 Å². The maximum Gasteiger partial charge on any atom is 0.124 e. The number of nitrogen functional groups attached to an aromatic ring is 1. The van der Waals surface area contributed by atoms with Gasteiger partial charge in [-0.1, -0.05) is 47.1 Å². The number of rotatable bonds is 3. The molecule has 0 amide bonds. The maximum atomic E-state index is 7.43. The summed E-state index contributed by atoms with van der Waals surface area (Å²) in [5, 5.41) is 9.01. The van der Waals surface area contributed by atoms with Crippen molar-refractivity contribution < 1.29 is 0 Å². The highest BCUT2D eigenvalue weighted by Gasteiger charge is 2.12. The number of pyridine rings is 1. The van der Waals surface area contributed by atoms with Crippen molar-refractivity contribution in [2.24, 2.45) is 5.73 Å². The van der Waals surface area contributed by atoms with E-state index < -0.39 is 0 Å². The average molecular weight is 298 g/mol. The van der Waals surface area contributed by atoms with Crippen molar-refractivity contribution >= 4 is 40.8 Å². The zero-order valence-corrected chi connectivity index (χ0v) is 11.5. The van der Waals surface area contributed by atoms with Crippen molar-refractivity contribution in [2.75, 3.05) is 0 Å². The standard InChI is InChI=1S/C12H9Cl2N3S/c13-8-3-1-2-4-9(8)18-12-10(14)7(11(15)16)5-6-17-12/h1-6H,(H3,15,16). The van der Waals surface area contributed by atoms with Crippen LogP contribution in [0.3, 0.4) is 0 Å². The molecular weight excluding hydrogens is 289 g/mol. The molecule has 1 aromatic heterocycles. The first kappa shape index (κ1) is 13.2. The Morgan fingerprint density at radius 1 is 1.22 bits per heavy atom. The van der Waals surface area contributed by atoms with Gasteiger partial charge in [0, 0.05) is 16.7 Å². The molecule has 6 heteroatoms. The van der Waals surface area contributed by atoms with Crippen LogP contribution in [0.2, 0.25) is 10.0 Å². The van der Waals surface area contributed by atoms with Crippen LogP contribution in [-0.2, 0) is 0 Å². The highest BCUT2D eigenvalue weighted by Crippen LogP contribution is 2.36. The number of hydrogen-bond donors (Lipinski definition) is 2. The summed E-state index contributed by atoms with van der Waals surface area (Å²) < 4.78 is 0. The fourth-order valence-electron chi connectivity index (χ4n) is 1.34. The molecule has 1 aromatic carbocycles. The lowest BCUT2D eigenvalue weighted by molar-refractivity contribution is 1.12. The number of amidine groups is 1. The molecule has 0 saturated heterocycles. The Morgan fingerprint density at radius 3 is 2.61 bits per heavy atom. The molecule has 0 fully saturated rings. The summed E-state index contributed by atoms with van der Waals surface area (Å²) in [6.45, 7) is 0. The molecule has 0 saturated carbocycles. The lowest BCUT2D eigenvalue weighted by Gasteiger charge is -2.07. The van der Waals surface area contributed by atoms with E-state index in [-0.39, 0.29) is 5.84 Å². The molecule has 92 valence electrons. The molecule has 0 atom stereocenters. The number of nitrogens with two attached hydrogens (primary N) is 1. The third kappa shape index (κ3) is 2.77. The Balaban J connectivity index is 2.39. The van der Waals surface area contributed by atoms with E-state index in [0.717, 1.165) is 4.90 Å². The zero-order valence-electron chi connectivity index (χ0n) is 9.15. The third-order valence-corrected chi connectivity index (χ3v) is 4.21. The van der Waals surface area contributed by atoms with Crippen molar-refractivity contribution in [3.63, 3.8) is 0 Å². The second-order valence-corrected chi connectivity index (χ2v) is 5.24. The number of halogens is 2. The average Bonchev–Trinajstić information content (AvgIpc) is 2.34. The molecule has 0 unspecified atom stereocenters.